The lowest BCUT2D eigenvalue weighted by Crippen LogP contribution is -2.24. The van der Waals surface area contributed by atoms with E-state index in [2.05, 4.69) is 10.0 Å². The summed E-state index contributed by atoms with van der Waals surface area (Å²) in [7, 11) is -3.96. The first kappa shape index (κ1) is 20.8. The summed E-state index contributed by atoms with van der Waals surface area (Å²) < 4.78 is 54.4. The second kappa shape index (κ2) is 8.59. The van der Waals surface area contributed by atoms with Crippen LogP contribution >= 0.6 is 11.6 Å². The molecule has 3 aromatic carbocycles. The summed E-state index contributed by atoms with van der Waals surface area (Å²) in [5.74, 6) is -1.92. The molecule has 0 saturated carbocycles. The van der Waals surface area contributed by atoms with Crippen LogP contribution < -0.4 is 10.0 Å². The van der Waals surface area contributed by atoms with E-state index in [1.165, 1.54) is 36.4 Å². The van der Waals surface area contributed by atoms with Gasteiger partial charge >= 0.3 is 0 Å². The van der Waals surface area contributed by atoms with E-state index in [1.54, 1.807) is 12.1 Å². The smallest absolute Gasteiger partial charge is 0.261 e. The van der Waals surface area contributed by atoms with Gasteiger partial charge in [-0.2, -0.15) is 0 Å². The van der Waals surface area contributed by atoms with Crippen molar-refractivity contribution in [2.75, 3.05) is 4.72 Å². The predicted octanol–water partition coefficient (Wildman–Crippen LogP) is 4.35. The van der Waals surface area contributed by atoms with Crippen molar-refractivity contribution in [1.29, 1.82) is 0 Å². The Balaban J connectivity index is 1.76. The van der Waals surface area contributed by atoms with Gasteiger partial charge in [0, 0.05) is 22.7 Å². The van der Waals surface area contributed by atoms with Gasteiger partial charge in [-0.3, -0.25) is 9.52 Å². The molecule has 0 aliphatic heterocycles. The summed E-state index contributed by atoms with van der Waals surface area (Å²) in [4.78, 5) is 12.2. The van der Waals surface area contributed by atoms with Gasteiger partial charge in [0.2, 0.25) is 0 Å². The van der Waals surface area contributed by atoms with E-state index in [-0.39, 0.29) is 28.3 Å². The Morgan fingerprint density at radius 3 is 2.48 bits per heavy atom. The molecule has 0 aliphatic rings. The van der Waals surface area contributed by atoms with Crippen molar-refractivity contribution in [1.82, 2.24) is 5.32 Å². The van der Waals surface area contributed by atoms with Crippen molar-refractivity contribution >= 4 is 33.2 Å². The molecule has 1 amide bonds. The van der Waals surface area contributed by atoms with Crippen LogP contribution in [-0.4, -0.2) is 14.3 Å². The number of carbonyl (C=O) groups excluding carboxylic acids is 1. The van der Waals surface area contributed by atoms with Crippen LogP contribution in [0.4, 0.5) is 14.5 Å². The minimum Gasteiger partial charge on any atom is -0.348 e. The van der Waals surface area contributed by atoms with E-state index in [0.29, 0.717) is 5.02 Å². The number of amides is 1. The van der Waals surface area contributed by atoms with Gasteiger partial charge in [-0.05, 0) is 54.6 Å². The average molecular weight is 437 g/mol. The third kappa shape index (κ3) is 5.30. The first-order chi connectivity index (χ1) is 13.7. The highest BCUT2D eigenvalue weighted by atomic mass is 35.5. The monoisotopic (exact) mass is 436 g/mol. The second-order valence-corrected chi connectivity index (χ2v) is 8.18. The molecule has 2 N–H and O–H groups in total. The Labute approximate surface area is 171 Å². The van der Waals surface area contributed by atoms with E-state index in [9.17, 15) is 22.0 Å². The maximum Gasteiger partial charge on any atom is 0.261 e. The van der Waals surface area contributed by atoms with Crippen molar-refractivity contribution in [2.45, 2.75) is 11.4 Å². The normalized spacial score (nSPS) is 11.1. The molecule has 9 heteroatoms. The zero-order valence-corrected chi connectivity index (χ0v) is 16.4. The Hall–Kier alpha value is -2.97. The molecule has 5 nitrogen and oxygen atoms in total. The van der Waals surface area contributed by atoms with Gasteiger partial charge in [-0.15, -0.1) is 0 Å². The largest absolute Gasteiger partial charge is 0.348 e. The first-order valence-corrected chi connectivity index (χ1v) is 10.2. The number of halogens is 3. The summed E-state index contributed by atoms with van der Waals surface area (Å²) in [5, 5.41) is 2.80. The van der Waals surface area contributed by atoms with Crippen LogP contribution in [0.15, 0.2) is 71.6 Å². The van der Waals surface area contributed by atoms with Crippen molar-refractivity contribution < 1.29 is 22.0 Å². The highest BCUT2D eigenvalue weighted by Crippen LogP contribution is 2.20. The molecule has 3 aromatic rings. The van der Waals surface area contributed by atoms with Crippen molar-refractivity contribution in [3.8, 4) is 0 Å². The van der Waals surface area contributed by atoms with E-state index in [0.717, 1.165) is 18.2 Å². The summed E-state index contributed by atoms with van der Waals surface area (Å²) in [6.07, 6.45) is 0. The summed E-state index contributed by atoms with van der Waals surface area (Å²) in [6, 6.07) is 14.4. The quantitative estimate of drug-likeness (QED) is 0.603. The summed E-state index contributed by atoms with van der Waals surface area (Å²) in [6.45, 7) is -0.250. The van der Waals surface area contributed by atoms with Gasteiger partial charge in [0.1, 0.15) is 11.6 Å². The number of hydrogen-bond acceptors (Lipinski definition) is 3. The second-order valence-electron chi connectivity index (χ2n) is 6.06. The number of rotatable bonds is 6. The Bertz CT molecular complexity index is 1170. The molecule has 29 heavy (non-hydrogen) atoms. The van der Waals surface area contributed by atoms with Gasteiger partial charge in [0.15, 0.2) is 0 Å². The number of hydrogen-bond donors (Lipinski definition) is 2. The first-order valence-electron chi connectivity index (χ1n) is 8.35. The van der Waals surface area contributed by atoms with Crippen LogP contribution in [0.25, 0.3) is 0 Å². The van der Waals surface area contributed by atoms with Crippen LogP contribution in [0.3, 0.4) is 0 Å². The number of benzene rings is 3. The maximum absolute atomic E-state index is 13.7. The molecule has 3 rings (SSSR count). The predicted molar refractivity (Wildman–Crippen MR) is 106 cm³/mol. The fourth-order valence-corrected chi connectivity index (χ4v) is 3.81. The lowest BCUT2D eigenvalue weighted by atomic mass is 10.2. The van der Waals surface area contributed by atoms with E-state index < -0.39 is 27.6 Å². The Kier molecular flexibility index (Phi) is 6.14. The molecule has 0 bridgehead atoms. The molecule has 0 fully saturated rings. The molecule has 0 unspecified atom stereocenters. The number of nitrogens with one attached hydrogen (secondary N) is 2. The molecular weight excluding hydrogens is 422 g/mol. The van der Waals surface area contributed by atoms with Crippen molar-refractivity contribution in [2.24, 2.45) is 0 Å². The van der Waals surface area contributed by atoms with Crippen LogP contribution in [0.5, 0.6) is 0 Å². The highest BCUT2D eigenvalue weighted by molar-refractivity contribution is 7.92. The molecule has 0 saturated heterocycles. The topological polar surface area (TPSA) is 75.3 Å². The number of anilines is 1. The van der Waals surface area contributed by atoms with Gasteiger partial charge in [0.25, 0.3) is 15.9 Å². The minimum atomic E-state index is -3.96. The standard InChI is InChI=1S/C20H15ClF2N2O3S/c21-15-4-2-5-17(11-15)25-29(27,28)18-6-1-3-13(10-18)20(26)24-12-14-9-16(22)7-8-19(14)23/h1-11,25H,12H2,(H,24,26). The Morgan fingerprint density at radius 1 is 0.966 bits per heavy atom. The minimum absolute atomic E-state index is 0.0234. The molecule has 0 aromatic heterocycles. The lowest BCUT2D eigenvalue weighted by molar-refractivity contribution is 0.0950. The molecule has 0 atom stereocenters. The van der Waals surface area contributed by atoms with Crippen LogP contribution in [0.2, 0.25) is 5.02 Å². The third-order valence-corrected chi connectivity index (χ3v) is 5.54. The van der Waals surface area contributed by atoms with Crippen LogP contribution in [0, 0.1) is 11.6 Å². The fraction of sp³-hybridized carbons (Fsp3) is 0.0500. The molecule has 150 valence electrons. The fourth-order valence-electron chi connectivity index (χ4n) is 2.53. The molecule has 0 spiro atoms. The van der Waals surface area contributed by atoms with E-state index in [4.69, 9.17) is 11.6 Å². The maximum atomic E-state index is 13.7. The number of carbonyl (C=O) groups is 1. The van der Waals surface area contributed by atoms with E-state index >= 15 is 0 Å². The zero-order valence-electron chi connectivity index (χ0n) is 14.8. The SMILES string of the molecule is O=C(NCc1cc(F)ccc1F)c1cccc(S(=O)(=O)Nc2cccc(Cl)c2)c1. The molecule has 0 heterocycles. The van der Waals surface area contributed by atoms with Gasteiger partial charge in [-0.25, -0.2) is 17.2 Å². The van der Waals surface area contributed by atoms with Crippen molar-refractivity contribution in [3.63, 3.8) is 0 Å². The van der Waals surface area contributed by atoms with Crippen LogP contribution in [0.1, 0.15) is 15.9 Å². The molecule has 0 aliphatic carbocycles. The highest BCUT2D eigenvalue weighted by Gasteiger charge is 2.17. The third-order valence-electron chi connectivity index (χ3n) is 3.93. The summed E-state index contributed by atoms with van der Waals surface area (Å²) in [5.41, 5.74) is 0.300. The van der Waals surface area contributed by atoms with E-state index in [1.807, 2.05) is 0 Å². The van der Waals surface area contributed by atoms with Crippen LogP contribution in [-0.2, 0) is 16.6 Å². The van der Waals surface area contributed by atoms with Crippen molar-refractivity contribution in [3.05, 3.63) is 94.5 Å². The van der Waals surface area contributed by atoms with Gasteiger partial charge in [0.05, 0.1) is 10.6 Å². The molecule has 0 radical (unpaired) electrons. The molecular formula is C20H15ClF2N2O3S. The van der Waals surface area contributed by atoms with Gasteiger partial charge in [-0.1, -0.05) is 23.7 Å². The average Bonchev–Trinajstić information content (AvgIpc) is 2.68. The zero-order chi connectivity index (χ0) is 21.0. The van der Waals surface area contributed by atoms with Gasteiger partial charge < -0.3 is 5.32 Å². The Morgan fingerprint density at radius 2 is 1.72 bits per heavy atom. The lowest BCUT2D eigenvalue weighted by Gasteiger charge is -2.10. The number of sulfonamides is 1. The summed E-state index contributed by atoms with van der Waals surface area (Å²) >= 11 is 5.85.